The van der Waals surface area contributed by atoms with Crippen molar-refractivity contribution in [3.63, 3.8) is 0 Å². The Bertz CT molecular complexity index is 2170. The summed E-state index contributed by atoms with van der Waals surface area (Å²) in [5.41, 5.74) is 3.16. The molecule has 0 fully saturated rings. The van der Waals surface area contributed by atoms with Gasteiger partial charge in [-0.2, -0.15) is 8.42 Å². The largest absolute Gasteiger partial charge is 0.417 e. The van der Waals surface area contributed by atoms with Crippen molar-refractivity contribution in [2.75, 3.05) is 40.0 Å². The summed E-state index contributed by atoms with van der Waals surface area (Å²) >= 11 is 6.44. The van der Waals surface area contributed by atoms with Gasteiger partial charge in [0.25, 0.3) is 16.0 Å². The molecule has 15 heteroatoms. The van der Waals surface area contributed by atoms with Crippen LogP contribution in [0.4, 0.5) is 21.9 Å². The van der Waals surface area contributed by atoms with Crippen molar-refractivity contribution in [2.24, 2.45) is 0 Å². The van der Waals surface area contributed by atoms with Crippen LogP contribution in [0.15, 0.2) is 83.8 Å². The number of ether oxygens (including phenoxy) is 1. The van der Waals surface area contributed by atoms with Crippen LogP contribution in [0.3, 0.4) is 0 Å². The first kappa shape index (κ1) is 33.7. The van der Waals surface area contributed by atoms with Gasteiger partial charge in [0.15, 0.2) is 0 Å². The summed E-state index contributed by atoms with van der Waals surface area (Å²) < 4.78 is 38.2. The number of nitrogens with one attached hydrogen (secondary N) is 3. The van der Waals surface area contributed by atoms with E-state index in [1.165, 1.54) is 18.2 Å². The number of carbonyl (C=O) groups excluding carboxylic acids is 3. The minimum Gasteiger partial charge on any atom is -0.409 e. The summed E-state index contributed by atoms with van der Waals surface area (Å²) in [6.45, 7) is 0.296. The lowest BCUT2D eigenvalue weighted by molar-refractivity contribution is -0.115. The molecule has 0 saturated carbocycles. The molecule has 0 aliphatic carbocycles. The smallest absolute Gasteiger partial charge is 0.409 e. The molecule has 4 N–H and O–H groups in total. The van der Waals surface area contributed by atoms with Crippen LogP contribution >= 0.6 is 33.2 Å². The van der Waals surface area contributed by atoms with Crippen LogP contribution in [0.2, 0.25) is 0 Å². The number of nitrogens with zero attached hydrogens (tertiary/aromatic N) is 1. The Balaban J connectivity index is 1.29. The van der Waals surface area contributed by atoms with E-state index < -0.39 is 16.2 Å². The lowest BCUT2D eigenvalue weighted by atomic mass is 9.95. The Morgan fingerprint density at radius 3 is 2.52 bits per heavy atom. The molecule has 1 aromatic heterocycles. The number of amides is 3. The van der Waals surface area contributed by atoms with Gasteiger partial charge in [0.1, 0.15) is 11.4 Å². The molecule has 1 unspecified atom stereocenters. The summed E-state index contributed by atoms with van der Waals surface area (Å²) in [5, 5.41) is 7.53. The molecule has 248 valence electrons. The molecule has 1 atom stereocenters. The standard InChI is InChI=1S/C33H29ClN4O7S3/c1-46-47-12-11-30(39)35-22-9-10-26-19(13-22)14-27(37-26)32(40)38-18-20(17-34)31-25-8-3-2-7-24(25)29(16-28(31)38)45-33(41)36-21-5-4-6-23(15-21)48(42,43)44/h2-10,13-16,20,37H,11-12,17-18H2,1H3,(H,35,39)(H,36,41)(H,42,43,44). The molecule has 1 aliphatic heterocycles. The van der Waals surface area contributed by atoms with Crippen molar-refractivity contribution in [3.8, 4) is 5.75 Å². The zero-order chi connectivity index (χ0) is 34.0. The van der Waals surface area contributed by atoms with Gasteiger partial charge in [-0.3, -0.25) is 19.5 Å². The van der Waals surface area contributed by atoms with Crippen LogP contribution in [0, 0.1) is 0 Å². The second-order valence-electron chi connectivity index (χ2n) is 10.9. The number of aromatic amines is 1. The maximum Gasteiger partial charge on any atom is 0.417 e. The summed E-state index contributed by atoms with van der Waals surface area (Å²) in [4.78, 5) is 43.8. The molecule has 48 heavy (non-hydrogen) atoms. The van der Waals surface area contributed by atoms with Gasteiger partial charge in [-0.1, -0.05) is 51.9 Å². The van der Waals surface area contributed by atoms with E-state index >= 15 is 0 Å². The maximum absolute atomic E-state index is 14.1. The zero-order valence-electron chi connectivity index (χ0n) is 25.4. The van der Waals surface area contributed by atoms with E-state index in [1.807, 2.05) is 30.5 Å². The maximum atomic E-state index is 14.1. The number of carbonyl (C=O) groups is 3. The molecule has 0 saturated heterocycles. The topological polar surface area (TPSA) is 158 Å². The van der Waals surface area contributed by atoms with Crippen molar-refractivity contribution in [3.05, 3.63) is 90.1 Å². The molecule has 3 amide bonds. The number of H-pyrrole nitrogens is 1. The first-order valence-electron chi connectivity index (χ1n) is 14.6. The minimum atomic E-state index is -4.48. The Labute approximate surface area is 288 Å². The van der Waals surface area contributed by atoms with Crippen molar-refractivity contribution in [1.82, 2.24) is 4.98 Å². The third-order valence-electron chi connectivity index (χ3n) is 7.81. The molecule has 2 heterocycles. The van der Waals surface area contributed by atoms with Crippen LogP contribution in [0.1, 0.15) is 28.4 Å². The number of benzene rings is 4. The van der Waals surface area contributed by atoms with E-state index in [4.69, 9.17) is 16.3 Å². The normalized spacial score (nSPS) is 14.2. The fourth-order valence-electron chi connectivity index (χ4n) is 5.71. The van der Waals surface area contributed by atoms with E-state index in [1.54, 1.807) is 56.8 Å². The number of anilines is 3. The second kappa shape index (κ2) is 14.1. The minimum absolute atomic E-state index is 0.0888. The van der Waals surface area contributed by atoms with Gasteiger partial charge in [-0.25, -0.2) is 4.79 Å². The highest BCUT2D eigenvalue weighted by Gasteiger charge is 2.36. The third kappa shape index (κ3) is 7.12. The average molecular weight is 725 g/mol. The van der Waals surface area contributed by atoms with Gasteiger partial charge in [0.2, 0.25) is 5.91 Å². The summed E-state index contributed by atoms with van der Waals surface area (Å²) in [5.74, 6) is 0.528. The van der Waals surface area contributed by atoms with Gasteiger partial charge in [-0.15, -0.1) is 11.6 Å². The predicted octanol–water partition coefficient (Wildman–Crippen LogP) is 7.50. The molecule has 1 aliphatic rings. The van der Waals surface area contributed by atoms with E-state index in [2.05, 4.69) is 15.6 Å². The third-order valence-corrected chi connectivity index (χ3v) is 10.8. The fourth-order valence-corrected chi connectivity index (χ4v) is 7.67. The molecular formula is C33H29ClN4O7S3. The average Bonchev–Trinajstić information content (AvgIpc) is 3.66. The van der Waals surface area contributed by atoms with Crippen molar-refractivity contribution in [1.29, 1.82) is 0 Å². The Hall–Kier alpha value is -4.21. The highest BCUT2D eigenvalue weighted by molar-refractivity contribution is 8.76. The molecule has 0 spiro atoms. The van der Waals surface area contributed by atoms with E-state index in [0.717, 1.165) is 27.9 Å². The first-order chi connectivity index (χ1) is 23.0. The highest BCUT2D eigenvalue weighted by Crippen LogP contribution is 2.46. The summed E-state index contributed by atoms with van der Waals surface area (Å²) in [7, 11) is -1.25. The molecule has 5 aromatic rings. The SMILES string of the molecule is CSSCCC(=O)Nc1ccc2[nH]c(C(=O)N3CC(CCl)c4c3cc(OC(=O)Nc3cccc(S(=O)(=O)O)c3)c3ccccc43)cc2c1. The summed E-state index contributed by atoms with van der Waals surface area (Å²) in [6.07, 6.45) is 1.45. The van der Waals surface area contributed by atoms with Crippen molar-refractivity contribution in [2.45, 2.75) is 17.2 Å². The number of hydrogen-bond acceptors (Lipinski definition) is 8. The number of fused-ring (bicyclic) bond motifs is 4. The van der Waals surface area contributed by atoms with Gasteiger partial charge < -0.3 is 19.9 Å². The zero-order valence-corrected chi connectivity index (χ0v) is 28.6. The molecule has 0 radical (unpaired) electrons. The molecule has 6 rings (SSSR count). The molecular weight excluding hydrogens is 696 g/mol. The van der Waals surface area contributed by atoms with Crippen LogP contribution in [0.5, 0.6) is 5.75 Å². The quantitative estimate of drug-likeness (QED) is 0.0495. The van der Waals surface area contributed by atoms with E-state index in [9.17, 15) is 27.4 Å². The van der Waals surface area contributed by atoms with Crippen LogP contribution in [-0.4, -0.2) is 60.3 Å². The second-order valence-corrected chi connectivity index (χ2v) is 15.3. The van der Waals surface area contributed by atoms with E-state index in [0.29, 0.717) is 41.2 Å². The lowest BCUT2D eigenvalue weighted by Gasteiger charge is -2.19. The molecule has 0 bridgehead atoms. The van der Waals surface area contributed by atoms with E-state index in [-0.39, 0.29) is 39.9 Å². The number of hydrogen-bond donors (Lipinski definition) is 4. The Morgan fingerprint density at radius 1 is 1.00 bits per heavy atom. The Morgan fingerprint density at radius 2 is 1.77 bits per heavy atom. The van der Waals surface area contributed by atoms with Gasteiger partial charge in [-0.05, 0) is 59.7 Å². The highest BCUT2D eigenvalue weighted by atomic mass is 35.5. The summed E-state index contributed by atoms with van der Waals surface area (Å²) in [6, 6.07) is 21.2. The van der Waals surface area contributed by atoms with Crippen LogP contribution in [0.25, 0.3) is 21.7 Å². The number of alkyl halides is 1. The Kier molecular flexibility index (Phi) is 9.90. The van der Waals surface area contributed by atoms with Crippen molar-refractivity contribution < 1.29 is 32.1 Å². The molecule has 4 aromatic carbocycles. The first-order valence-corrected chi connectivity index (χ1v) is 19.3. The number of halogens is 1. The number of aromatic nitrogens is 1. The van der Waals surface area contributed by atoms with Crippen molar-refractivity contribution >= 4 is 100.0 Å². The van der Waals surface area contributed by atoms with Crippen LogP contribution < -0.4 is 20.3 Å². The monoisotopic (exact) mass is 724 g/mol. The van der Waals surface area contributed by atoms with Gasteiger partial charge in [0.05, 0.1) is 10.6 Å². The fraction of sp³-hybridized carbons (Fsp3) is 0.182. The van der Waals surface area contributed by atoms with Gasteiger partial charge in [0, 0.05) is 64.2 Å². The predicted molar refractivity (Wildman–Crippen MR) is 193 cm³/mol. The molecule has 11 nitrogen and oxygen atoms in total. The number of rotatable bonds is 10. The lowest BCUT2D eigenvalue weighted by Crippen LogP contribution is -2.30. The van der Waals surface area contributed by atoms with Gasteiger partial charge >= 0.3 is 6.09 Å². The van der Waals surface area contributed by atoms with Crippen LogP contribution in [-0.2, 0) is 14.9 Å².